The molecule has 2 fully saturated rings. The van der Waals surface area contributed by atoms with Crippen molar-refractivity contribution in [3.05, 3.63) is 23.3 Å². The van der Waals surface area contributed by atoms with Gasteiger partial charge in [0.05, 0.1) is 18.8 Å². The summed E-state index contributed by atoms with van der Waals surface area (Å²) < 4.78 is 0. The summed E-state index contributed by atoms with van der Waals surface area (Å²) >= 11 is 0. The van der Waals surface area contributed by atoms with Gasteiger partial charge in [0.2, 0.25) is 5.91 Å². The van der Waals surface area contributed by atoms with Gasteiger partial charge in [-0.2, -0.15) is 0 Å². The average molecular weight is 346 g/mol. The molecule has 0 spiro atoms. The van der Waals surface area contributed by atoms with Gasteiger partial charge in [0, 0.05) is 30.8 Å². The summed E-state index contributed by atoms with van der Waals surface area (Å²) in [6.45, 7) is 6.00. The highest BCUT2D eigenvalue weighted by Gasteiger charge is 2.28. The van der Waals surface area contributed by atoms with Crippen LogP contribution in [-0.2, 0) is 11.4 Å². The number of piperidine rings is 1. The molecule has 6 heteroatoms. The molecule has 25 heavy (non-hydrogen) atoms. The van der Waals surface area contributed by atoms with Crippen LogP contribution in [0.25, 0.3) is 0 Å². The Morgan fingerprint density at radius 1 is 1.20 bits per heavy atom. The summed E-state index contributed by atoms with van der Waals surface area (Å²) in [6, 6.07) is 0. The molecule has 0 radical (unpaired) electrons. The number of carbonyl (C=O) groups is 1. The standard InChI is InChI=1S/C19H30N4O2/c1-15-20-11-17(14-24)19(21-15)16-7-6-10-23(12-16)18(25)13-22-8-4-2-3-5-9-22/h11,16,24H,2-10,12-14H2,1H3. The summed E-state index contributed by atoms with van der Waals surface area (Å²) in [4.78, 5) is 25.8. The van der Waals surface area contributed by atoms with Crippen LogP contribution < -0.4 is 0 Å². The number of aryl methyl sites for hydroxylation is 1. The number of likely N-dealkylation sites (tertiary alicyclic amines) is 2. The zero-order valence-corrected chi connectivity index (χ0v) is 15.3. The number of aromatic nitrogens is 2. The van der Waals surface area contributed by atoms with E-state index in [-0.39, 0.29) is 18.4 Å². The lowest BCUT2D eigenvalue weighted by atomic mass is 9.92. The van der Waals surface area contributed by atoms with E-state index in [1.54, 1.807) is 6.20 Å². The molecule has 6 nitrogen and oxygen atoms in total. The van der Waals surface area contributed by atoms with E-state index in [0.717, 1.165) is 49.6 Å². The van der Waals surface area contributed by atoms with Gasteiger partial charge < -0.3 is 10.0 Å². The Morgan fingerprint density at radius 2 is 1.96 bits per heavy atom. The normalized spacial score (nSPS) is 22.6. The van der Waals surface area contributed by atoms with Crippen LogP contribution in [0.5, 0.6) is 0 Å². The minimum absolute atomic E-state index is 0.0478. The van der Waals surface area contributed by atoms with Crippen LogP contribution in [0, 0.1) is 6.92 Å². The largest absolute Gasteiger partial charge is 0.392 e. The molecule has 1 atom stereocenters. The zero-order chi connectivity index (χ0) is 17.6. The van der Waals surface area contributed by atoms with Crippen molar-refractivity contribution in [1.82, 2.24) is 19.8 Å². The molecule has 1 unspecified atom stereocenters. The first-order valence-electron chi connectivity index (χ1n) is 9.61. The fourth-order valence-corrected chi connectivity index (χ4v) is 4.00. The van der Waals surface area contributed by atoms with Crippen molar-refractivity contribution in [3.63, 3.8) is 0 Å². The molecule has 138 valence electrons. The van der Waals surface area contributed by atoms with Gasteiger partial charge in [-0.3, -0.25) is 9.69 Å². The number of hydrogen-bond donors (Lipinski definition) is 1. The predicted octanol–water partition coefficient (Wildman–Crippen LogP) is 1.86. The third-order valence-electron chi connectivity index (χ3n) is 5.41. The van der Waals surface area contributed by atoms with Crippen molar-refractivity contribution in [2.24, 2.45) is 0 Å². The van der Waals surface area contributed by atoms with Gasteiger partial charge in [-0.05, 0) is 45.7 Å². The third-order valence-corrected chi connectivity index (χ3v) is 5.41. The Hall–Kier alpha value is -1.53. The quantitative estimate of drug-likeness (QED) is 0.901. The van der Waals surface area contributed by atoms with E-state index >= 15 is 0 Å². The first-order valence-corrected chi connectivity index (χ1v) is 9.61. The Labute approximate surface area is 150 Å². The van der Waals surface area contributed by atoms with E-state index in [0.29, 0.717) is 13.1 Å². The van der Waals surface area contributed by atoms with Crippen LogP contribution >= 0.6 is 0 Å². The fourth-order valence-electron chi connectivity index (χ4n) is 4.00. The second-order valence-electron chi connectivity index (χ2n) is 7.36. The lowest BCUT2D eigenvalue weighted by Crippen LogP contribution is -2.45. The van der Waals surface area contributed by atoms with Crippen LogP contribution in [0.3, 0.4) is 0 Å². The average Bonchev–Trinajstić information content (AvgIpc) is 2.90. The monoisotopic (exact) mass is 346 g/mol. The molecule has 3 rings (SSSR count). The molecular weight excluding hydrogens is 316 g/mol. The maximum Gasteiger partial charge on any atom is 0.236 e. The van der Waals surface area contributed by atoms with Gasteiger partial charge in [-0.25, -0.2) is 9.97 Å². The molecule has 1 amide bonds. The Morgan fingerprint density at radius 3 is 2.68 bits per heavy atom. The fraction of sp³-hybridized carbons (Fsp3) is 0.737. The number of rotatable bonds is 4. The third kappa shape index (κ3) is 4.76. The Bertz CT molecular complexity index is 585. The molecule has 0 aromatic carbocycles. The molecule has 1 aromatic heterocycles. The van der Waals surface area contributed by atoms with E-state index in [4.69, 9.17) is 0 Å². The molecule has 2 saturated heterocycles. The number of nitrogens with zero attached hydrogens (tertiary/aromatic N) is 4. The van der Waals surface area contributed by atoms with E-state index in [9.17, 15) is 9.90 Å². The van der Waals surface area contributed by atoms with Crippen molar-refractivity contribution in [2.75, 3.05) is 32.7 Å². The predicted molar refractivity (Wildman–Crippen MR) is 96.2 cm³/mol. The number of aliphatic hydroxyl groups excluding tert-OH is 1. The Kier molecular flexibility index (Phi) is 6.37. The SMILES string of the molecule is Cc1ncc(CO)c(C2CCCN(C(=O)CN3CCCCCC3)C2)n1. The summed E-state index contributed by atoms with van der Waals surface area (Å²) in [7, 11) is 0. The van der Waals surface area contributed by atoms with Crippen LogP contribution in [-0.4, -0.2) is 63.5 Å². The smallest absolute Gasteiger partial charge is 0.236 e. The topological polar surface area (TPSA) is 69.6 Å². The van der Waals surface area contributed by atoms with Gasteiger partial charge >= 0.3 is 0 Å². The zero-order valence-electron chi connectivity index (χ0n) is 15.3. The van der Waals surface area contributed by atoms with Gasteiger partial charge in [0.25, 0.3) is 0 Å². The summed E-state index contributed by atoms with van der Waals surface area (Å²) in [5, 5.41) is 9.59. The van der Waals surface area contributed by atoms with Crippen molar-refractivity contribution in [1.29, 1.82) is 0 Å². The van der Waals surface area contributed by atoms with Gasteiger partial charge in [-0.1, -0.05) is 12.8 Å². The van der Waals surface area contributed by atoms with Crippen molar-refractivity contribution >= 4 is 5.91 Å². The number of aliphatic hydroxyl groups is 1. The molecule has 1 aromatic rings. The maximum absolute atomic E-state index is 12.8. The van der Waals surface area contributed by atoms with E-state index in [1.807, 2.05) is 11.8 Å². The first-order chi connectivity index (χ1) is 12.2. The summed E-state index contributed by atoms with van der Waals surface area (Å²) in [6.07, 6.45) is 8.70. The number of amides is 1. The Balaban J connectivity index is 1.64. The van der Waals surface area contributed by atoms with Gasteiger partial charge in [0.15, 0.2) is 0 Å². The van der Waals surface area contributed by atoms with Crippen LogP contribution in [0.1, 0.15) is 61.5 Å². The van der Waals surface area contributed by atoms with E-state index in [1.165, 1.54) is 25.7 Å². The lowest BCUT2D eigenvalue weighted by Gasteiger charge is -2.34. The van der Waals surface area contributed by atoms with Gasteiger partial charge in [-0.15, -0.1) is 0 Å². The van der Waals surface area contributed by atoms with Crippen LogP contribution in [0.15, 0.2) is 6.20 Å². The second kappa shape index (κ2) is 8.72. The number of carbonyl (C=O) groups excluding carboxylic acids is 1. The first kappa shape index (κ1) is 18.3. The highest BCUT2D eigenvalue weighted by Crippen LogP contribution is 2.28. The maximum atomic E-state index is 12.8. The lowest BCUT2D eigenvalue weighted by molar-refractivity contribution is -0.133. The molecule has 2 aliphatic heterocycles. The molecule has 2 aliphatic rings. The highest BCUT2D eigenvalue weighted by molar-refractivity contribution is 5.78. The minimum atomic E-state index is -0.0478. The highest BCUT2D eigenvalue weighted by atomic mass is 16.3. The molecule has 3 heterocycles. The molecule has 0 aliphatic carbocycles. The molecule has 0 saturated carbocycles. The van der Waals surface area contributed by atoms with E-state index < -0.39 is 0 Å². The minimum Gasteiger partial charge on any atom is -0.392 e. The summed E-state index contributed by atoms with van der Waals surface area (Å²) in [5.41, 5.74) is 1.71. The van der Waals surface area contributed by atoms with Crippen molar-refractivity contribution < 1.29 is 9.90 Å². The van der Waals surface area contributed by atoms with Crippen LogP contribution in [0.2, 0.25) is 0 Å². The molecule has 1 N–H and O–H groups in total. The van der Waals surface area contributed by atoms with Crippen molar-refractivity contribution in [3.8, 4) is 0 Å². The van der Waals surface area contributed by atoms with Crippen LogP contribution in [0.4, 0.5) is 0 Å². The van der Waals surface area contributed by atoms with E-state index in [2.05, 4.69) is 14.9 Å². The number of hydrogen-bond acceptors (Lipinski definition) is 5. The van der Waals surface area contributed by atoms with Crippen molar-refractivity contribution in [2.45, 2.75) is 58.0 Å². The van der Waals surface area contributed by atoms with Gasteiger partial charge in [0.1, 0.15) is 5.82 Å². The molecule has 0 bridgehead atoms. The molecular formula is C19H30N4O2. The second-order valence-corrected chi connectivity index (χ2v) is 7.36. The summed E-state index contributed by atoms with van der Waals surface area (Å²) in [5.74, 6) is 1.16.